The van der Waals surface area contributed by atoms with Crippen molar-refractivity contribution in [2.24, 2.45) is 0 Å². The molecule has 3 fully saturated rings. The van der Waals surface area contributed by atoms with E-state index in [1.807, 2.05) is 41.3 Å². The molecule has 1 aromatic heterocycles. The smallest absolute Gasteiger partial charge is 0.356 e. The Balaban J connectivity index is 1.25. The monoisotopic (exact) mass is 637 g/mol. The van der Waals surface area contributed by atoms with Gasteiger partial charge < -0.3 is 14.7 Å². The maximum atomic E-state index is 14.5. The third-order valence-corrected chi connectivity index (χ3v) is 10.1. The molecule has 0 bridgehead atoms. The number of nitrogens with zero attached hydrogens (tertiary/aromatic N) is 5. The topological polar surface area (TPSA) is 63.5 Å². The first-order chi connectivity index (χ1) is 22.8. The second-order valence-corrected chi connectivity index (χ2v) is 13.2. The molecule has 7 rings (SSSR count). The number of carbonyl (C=O) groups excluding carboxylic acids is 1. The molecular weight excluding hydrogens is 599 g/mol. The molecule has 1 amide bonds. The number of likely N-dealkylation sites (tertiary alicyclic amines) is 2. The van der Waals surface area contributed by atoms with Crippen LogP contribution in [0.5, 0.6) is 0 Å². The Labute approximate surface area is 273 Å². The second-order valence-electron chi connectivity index (χ2n) is 13.2. The third-order valence-electron chi connectivity index (χ3n) is 10.1. The van der Waals surface area contributed by atoms with Gasteiger partial charge in [0, 0.05) is 43.5 Å². The fraction of sp³-hybridized carbons (Fsp3) is 0.395. The third kappa shape index (κ3) is 6.57. The summed E-state index contributed by atoms with van der Waals surface area (Å²) in [6.45, 7) is 5.01. The largest absolute Gasteiger partial charge is 0.416 e. The van der Waals surface area contributed by atoms with E-state index in [1.165, 1.54) is 25.0 Å². The van der Waals surface area contributed by atoms with Crippen LogP contribution in [0, 0.1) is 11.3 Å². The van der Waals surface area contributed by atoms with Crippen LogP contribution in [0.3, 0.4) is 0 Å². The molecule has 1 unspecified atom stereocenters. The Bertz CT molecular complexity index is 1810. The lowest BCUT2D eigenvalue weighted by molar-refractivity contribution is -0.137. The number of pyridine rings is 1. The summed E-state index contributed by atoms with van der Waals surface area (Å²) in [6.07, 6.45) is 1.57. The standard InChI is InChI=1S/C38H38F3N5O/c39-38(40,41)31-8-3-6-28(20-31)30-7-4-18-45(24-30)36-22-34(37(47)46-19-5-9-32(46)25-44-16-1-2-17-44)33-21-29(14-15-35(33)43-36)27-12-10-26(23-42)11-13-27/h3,6,8,10-15,20-22,30,32H,1-2,4-5,7,9,16-19,24-25H2/t30?,32-/m0/s1. The van der Waals surface area contributed by atoms with Gasteiger partial charge in [-0.3, -0.25) is 4.79 Å². The van der Waals surface area contributed by atoms with Crippen LogP contribution < -0.4 is 4.90 Å². The van der Waals surface area contributed by atoms with Crippen LogP contribution in [0.4, 0.5) is 19.0 Å². The van der Waals surface area contributed by atoms with Crippen LogP contribution in [0.25, 0.3) is 22.0 Å². The lowest BCUT2D eigenvalue weighted by Crippen LogP contribution is -2.42. The fourth-order valence-corrected chi connectivity index (χ4v) is 7.60. The fourth-order valence-electron chi connectivity index (χ4n) is 7.60. The normalized spacial score (nSPS) is 20.6. The zero-order valence-electron chi connectivity index (χ0n) is 26.3. The zero-order valence-corrected chi connectivity index (χ0v) is 26.3. The van der Waals surface area contributed by atoms with E-state index in [2.05, 4.69) is 15.9 Å². The van der Waals surface area contributed by atoms with Crippen LogP contribution in [-0.4, -0.2) is 66.0 Å². The van der Waals surface area contributed by atoms with Gasteiger partial charge in [-0.2, -0.15) is 18.4 Å². The number of rotatable bonds is 6. The highest BCUT2D eigenvalue weighted by atomic mass is 19.4. The number of amides is 1. The Morgan fingerprint density at radius 3 is 2.40 bits per heavy atom. The van der Waals surface area contributed by atoms with Gasteiger partial charge in [-0.25, -0.2) is 4.98 Å². The Kier molecular flexibility index (Phi) is 8.63. The summed E-state index contributed by atoms with van der Waals surface area (Å²) in [5.41, 5.74) is 3.82. The summed E-state index contributed by atoms with van der Waals surface area (Å²) in [5.74, 6) is 0.604. The molecule has 3 saturated heterocycles. The minimum absolute atomic E-state index is 0.00348. The first kappa shape index (κ1) is 31.2. The quantitative estimate of drug-likeness (QED) is 0.215. The minimum Gasteiger partial charge on any atom is -0.356 e. The summed E-state index contributed by atoms with van der Waals surface area (Å²) >= 11 is 0. The lowest BCUT2D eigenvalue weighted by atomic mass is 9.89. The number of hydrogen-bond donors (Lipinski definition) is 0. The molecule has 3 aliphatic rings. The number of anilines is 1. The van der Waals surface area contributed by atoms with Crippen LogP contribution in [-0.2, 0) is 6.18 Å². The number of halogens is 3. The predicted octanol–water partition coefficient (Wildman–Crippen LogP) is 7.88. The number of nitriles is 1. The highest BCUT2D eigenvalue weighted by Gasteiger charge is 2.34. The van der Waals surface area contributed by atoms with Crippen LogP contribution >= 0.6 is 0 Å². The van der Waals surface area contributed by atoms with Crippen molar-refractivity contribution in [1.29, 1.82) is 5.26 Å². The lowest BCUT2D eigenvalue weighted by Gasteiger charge is -2.35. The molecule has 6 nitrogen and oxygen atoms in total. The maximum absolute atomic E-state index is 14.5. The highest BCUT2D eigenvalue weighted by Crippen LogP contribution is 2.36. The van der Waals surface area contributed by atoms with Gasteiger partial charge in [0.2, 0.25) is 0 Å². The van der Waals surface area contributed by atoms with Gasteiger partial charge in [0.25, 0.3) is 5.91 Å². The molecule has 0 aliphatic carbocycles. The van der Waals surface area contributed by atoms with Crippen molar-refractivity contribution in [3.63, 3.8) is 0 Å². The first-order valence-electron chi connectivity index (χ1n) is 16.7. The molecule has 242 valence electrons. The van der Waals surface area contributed by atoms with E-state index >= 15 is 0 Å². The zero-order chi connectivity index (χ0) is 32.5. The van der Waals surface area contributed by atoms with E-state index in [0.29, 0.717) is 47.7 Å². The van der Waals surface area contributed by atoms with Gasteiger partial charge in [-0.15, -0.1) is 0 Å². The van der Waals surface area contributed by atoms with E-state index in [4.69, 9.17) is 4.98 Å². The molecule has 2 atom stereocenters. The average Bonchev–Trinajstić information content (AvgIpc) is 3.80. The van der Waals surface area contributed by atoms with E-state index in [0.717, 1.165) is 67.9 Å². The van der Waals surface area contributed by atoms with Gasteiger partial charge >= 0.3 is 6.18 Å². The molecule has 0 radical (unpaired) electrons. The van der Waals surface area contributed by atoms with Gasteiger partial charge in [0.05, 0.1) is 28.3 Å². The van der Waals surface area contributed by atoms with Crippen LogP contribution in [0.2, 0.25) is 0 Å². The maximum Gasteiger partial charge on any atom is 0.416 e. The van der Waals surface area contributed by atoms with Gasteiger partial charge in [0.15, 0.2) is 0 Å². The van der Waals surface area contributed by atoms with Crippen LogP contribution in [0.15, 0.2) is 72.8 Å². The summed E-state index contributed by atoms with van der Waals surface area (Å²) in [7, 11) is 0. The summed E-state index contributed by atoms with van der Waals surface area (Å²) in [5, 5.41) is 10.0. The van der Waals surface area contributed by atoms with Crippen molar-refractivity contribution in [3.05, 3.63) is 95.1 Å². The second kappa shape index (κ2) is 13.0. The highest BCUT2D eigenvalue weighted by molar-refractivity contribution is 6.08. The molecule has 4 aromatic rings. The van der Waals surface area contributed by atoms with Gasteiger partial charge in [0.1, 0.15) is 5.82 Å². The number of aromatic nitrogens is 1. The molecule has 3 aliphatic heterocycles. The minimum atomic E-state index is -4.39. The van der Waals surface area contributed by atoms with E-state index in [9.17, 15) is 23.2 Å². The number of carbonyl (C=O) groups is 1. The molecule has 47 heavy (non-hydrogen) atoms. The SMILES string of the molecule is N#Cc1ccc(-c2ccc3nc(N4CCCC(c5cccc(C(F)(F)F)c5)C4)cc(C(=O)N4CCC[C@H]4CN4CCCC4)c3c2)cc1. The van der Waals surface area contributed by atoms with Crippen LogP contribution in [0.1, 0.15) is 71.5 Å². The number of benzene rings is 3. The number of alkyl halides is 3. The molecule has 4 heterocycles. The van der Waals surface area contributed by atoms with Crippen molar-refractivity contribution in [2.75, 3.05) is 44.2 Å². The molecule has 0 spiro atoms. The molecule has 0 saturated carbocycles. The Morgan fingerprint density at radius 1 is 0.872 bits per heavy atom. The summed E-state index contributed by atoms with van der Waals surface area (Å²) < 4.78 is 40.5. The Hall–Kier alpha value is -4.42. The first-order valence-corrected chi connectivity index (χ1v) is 16.7. The van der Waals surface area contributed by atoms with Crippen molar-refractivity contribution in [1.82, 2.24) is 14.8 Å². The number of hydrogen-bond acceptors (Lipinski definition) is 5. The average molecular weight is 638 g/mol. The summed E-state index contributed by atoms with van der Waals surface area (Å²) in [4.78, 5) is 26.2. The Morgan fingerprint density at radius 2 is 1.64 bits per heavy atom. The van der Waals surface area contributed by atoms with E-state index in [1.54, 1.807) is 18.2 Å². The molecular formula is C38H38F3N5O. The van der Waals surface area contributed by atoms with Crippen molar-refractivity contribution < 1.29 is 18.0 Å². The molecule has 3 aromatic carbocycles. The van der Waals surface area contributed by atoms with Gasteiger partial charge in [-0.05, 0) is 105 Å². The number of piperidine rings is 1. The van der Waals surface area contributed by atoms with Crippen molar-refractivity contribution in [2.45, 2.75) is 56.7 Å². The molecule has 9 heteroatoms. The molecule has 0 N–H and O–H groups in total. The summed E-state index contributed by atoms with van der Waals surface area (Å²) in [6, 6.07) is 23.3. The van der Waals surface area contributed by atoms with Crippen molar-refractivity contribution >= 4 is 22.6 Å². The van der Waals surface area contributed by atoms with Gasteiger partial charge in [-0.1, -0.05) is 36.4 Å². The van der Waals surface area contributed by atoms with E-state index in [-0.39, 0.29) is 17.9 Å². The van der Waals surface area contributed by atoms with E-state index < -0.39 is 11.7 Å². The number of fused-ring (bicyclic) bond motifs is 1. The predicted molar refractivity (Wildman–Crippen MR) is 177 cm³/mol. The van der Waals surface area contributed by atoms with Crippen molar-refractivity contribution in [3.8, 4) is 17.2 Å².